The molecule has 0 fully saturated rings. The van der Waals surface area contributed by atoms with E-state index in [2.05, 4.69) is 20.7 Å². The predicted molar refractivity (Wildman–Crippen MR) is 72.0 cm³/mol. The van der Waals surface area contributed by atoms with Gasteiger partial charge in [0.2, 0.25) is 16.0 Å². The fourth-order valence-corrected chi connectivity index (χ4v) is 2.32. The number of aryl methyl sites for hydroxylation is 1. The fraction of sp³-hybridized carbons (Fsp3) is 0.545. The quantitative estimate of drug-likeness (QED) is 0.882. The smallest absolute Gasteiger partial charge is 0.239 e. The van der Waals surface area contributed by atoms with E-state index >= 15 is 0 Å². The molecule has 0 aliphatic carbocycles. The topological polar surface area (TPSA) is 71.3 Å². The van der Waals surface area contributed by atoms with Gasteiger partial charge < -0.3 is 10.6 Å². The molecule has 2 aromatic rings. The van der Waals surface area contributed by atoms with Crippen LogP contribution < -0.4 is 10.6 Å². The Morgan fingerprint density at radius 2 is 2.22 bits per heavy atom. The largest absolute Gasteiger partial charge is 0.351 e. The lowest BCUT2D eigenvalue weighted by molar-refractivity contribution is -0.120. The normalized spacial score (nSPS) is 11.8. The van der Waals surface area contributed by atoms with Crippen molar-refractivity contribution in [1.82, 2.24) is 19.9 Å². The molecule has 2 heterocycles. The molecule has 6 nitrogen and oxygen atoms in total. The van der Waals surface area contributed by atoms with Crippen molar-refractivity contribution in [3.8, 4) is 0 Å². The first-order chi connectivity index (χ1) is 8.33. The van der Waals surface area contributed by atoms with Gasteiger partial charge in [0.15, 0.2) is 0 Å². The highest BCUT2D eigenvalue weighted by molar-refractivity contribution is 7.20. The first kappa shape index (κ1) is 12.8. The molecule has 0 aliphatic rings. The summed E-state index contributed by atoms with van der Waals surface area (Å²) in [4.78, 5) is 16.7. The van der Waals surface area contributed by atoms with Crippen molar-refractivity contribution in [3.63, 3.8) is 0 Å². The highest BCUT2D eigenvalue weighted by Gasteiger charge is 2.14. The molecule has 0 spiro atoms. The van der Waals surface area contributed by atoms with Crippen LogP contribution in [0.4, 0.5) is 5.13 Å². The lowest BCUT2D eigenvalue weighted by Crippen LogP contribution is -2.43. The summed E-state index contributed by atoms with van der Waals surface area (Å²) < 4.78 is 1.71. The highest BCUT2D eigenvalue weighted by Crippen LogP contribution is 2.18. The number of carbonyl (C=O) groups excluding carboxylic acids is 1. The van der Waals surface area contributed by atoms with Crippen LogP contribution in [-0.2, 0) is 4.79 Å². The number of amides is 1. The van der Waals surface area contributed by atoms with E-state index in [1.165, 1.54) is 11.3 Å². The SMILES string of the molecule is Cc1cn2nc(NCC(=O)NC(C)(C)C)sc2n1. The summed E-state index contributed by atoms with van der Waals surface area (Å²) in [5, 5.41) is 10.9. The molecule has 0 bridgehead atoms. The van der Waals surface area contributed by atoms with Crippen molar-refractivity contribution in [2.45, 2.75) is 33.2 Å². The number of nitrogens with one attached hydrogen (secondary N) is 2. The number of fused-ring (bicyclic) bond motifs is 1. The van der Waals surface area contributed by atoms with Gasteiger partial charge in [-0.3, -0.25) is 4.79 Å². The summed E-state index contributed by atoms with van der Waals surface area (Å²) in [6, 6.07) is 0. The zero-order chi connectivity index (χ0) is 13.3. The summed E-state index contributed by atoms with van der Waals surface area (Å²) in [6.07, 6.45) is 1.85. The number of anilines is 1. The van der Waals surface area contributed by atoms with Crippen molar-refractivity contribution >= 4 is 27.3 Å². The van der Waals surface area contributed by atoms with Gasteiger partial charge in [-0.25, -0.2) is 9.50 Å². The van der Waals surface area contributed by atoms with Gasteiger partial charge >= 0.3 is 0 Å². The molecule has 7 heteroatoms. The summed E-state index contributed by atoms with van der Waals surface area (Å²) in [5.74, 6) is -0.0495. The molecule has 0 radical (unpaired) electrons. The maximum absolute atomic E-state index is 11.6. The van der Waals surface area contributed by atoms with E-state index < -0.39 is 0 Å². The molecule has 0 atom stereocenters. The van der Waals surface area contributed by atoms with Gasteiger partial charge in [0, 0.05) is 5.54 Å². The lowest BCUT2D eigenvalue weighted by atomic mass is 10.1. The molecule has 0 unspecified atom stereocenters. The van der Waals surface area contributed by atoms with Crippen LogP contribution >= 0.6 is 11.3 Å². The van der Waals surface area contributed by atoms with Gasteiger partial charge in [-0.1, -0.05) is 11.3 Å². The summed E-state index contributed by atoms with van der Waals surface area (Å²) >= 11 is 1.43. The van der Waals surface area contributed by atoms with Gasteiger partial charge in [0.1, 0.15) is 0 Å². The Kier molecular flexibility index (Phi) is 3.25. The Morgan fingerprint density at radius 3 is 2.83 bits per heavy atom. The average molecular weight is 267 g/mol. The maximum Gasteiger partial charge on any atom is 0.239 e. The number of hydrogen-bond donors (Lipinski definition) is 2. The van der Waals surface area contributed by atoms with E-state index in [1.54, 1.807) is 4.52 Å². The van der Waals surface area contributed by atoms with Gasteiger partial charge in [-0.2, -0.15) is 0 Å². The summed E-state index contributed by atoms with van der Waals surface area (Å²) in [5.41, 5.74) is 0.721. The van der Waals surface area contributed by atoms with Gasteiger partial charge in [0.05, 0.1) is 18.4 Å². The Labute approximate surface area is 109 Å². The van der Waals surface area contributed by atoms with Crippen LogP contribution in [0, 0.1) is 6.92 Å². The number of hydrogen-bond acceptors (Lipinski definition) is 5. The third kappa shape index (κ3) is 3.19. The molecular formula is C11H17N5OS. The van der Waals surface area contributed by atoms with Crippen molar-refractivity contribution in [2.24, 2.45) is 0 Å². The standard InChI is InChI=1S/C11H17N5OS/c1-7-6-16-10(13-7)18-9(15-16)12-5-8(17)14-11(2,3)4/h6H,5H2,1-4H3,(H,12,15)(H,14,17). The van der Waals surface area contributed by atoms with E-state index in [9.17, 15) is 4.79 Å². The van der Waals surface area contributed by atoms with Crippen molar-refractivity contribution in [3.05, 3.63) is 11.9 Å². The van der Waals surface area contributed by atoms with Crippen LogP contribution in [0.15, 0.2) is 6.20 Å². The molecular weight excluding hydrogens is 250 g/mol. The van der Waals surface area contributed by atoms with Crippen LogP contribution in [0.5, 0.6) is 0 Å². The minimum absolute atomic E-state index is 0.0495. The minimum Gasteiger partial charge on any atom is -0.351 e. The molecule has 0 aromatic carbocycles. The Bertz CT molecular complexity index is 534. The van der Waals surface area contributed by atoms with Crippen LogP contribution in [0.3, 0.4) is 0 Å². The third-order valence-electron chi connectivity index (χ3n) is 2.08. The zero-order valence-corrected chi connectivity index (χ0v) is 11.8. The Morgan fingerprint density at radius 1 is 1.50 bits per heavy atom. The molecule has 0 saturated carbocycles. The van der Waals surface area contributed by atoms with Gasteiger partial charge in [0.25, 0.3) is 0 Å². The molecule has 18 heavy (non-hydrogen) atoms. The minimum atomic E-state index is -0.215. The molecule has 2 rings (SSSR count). The molecule has 98 valence electrons. The van der Waals surface area contributed by atoms with Gasteiger partial charge in [-0.15, -0.1) is 5.10 Å². The lowest BCUT2D eigenvalue weighted by Gasteiger charge is -2.20. The van der Waals surface area contributed by atoms with Crippen molar-refractivity contribution < 1.29 is 4.79 Å². The van der Waals surface area contributed by atoms with E-state index in [-0.39, 0.29) is 18.0 Å². The zero-order valence-electron chi connectivity index (χ0n) is 10.9. The van der Waals surface area contributed by atoms with Crippen LogP contribution in [0.25, 0.3) is 4.96 Å². The first-order valence-corrected chi connectivity index (χ1v) is 6.53. The molecule has 2 N–H and O–H groups in total. The van der Waals surface area contributed by atoms with Crippen LogP contribution in [0.2, 0.25) is 0 Å². The van der Waals surface area contributed by atoms with Crippen molar-refractivity contribution in [1.29, 1.82) is 0 Å². The van der Waals surface area contributed by atoms with E-state index in [4.69, 9.17) is 0 Å². The highest BCUT2D eigenvalue weighted by atomic mass is 32.1. The van der Waals surface area contributed by atoms with Crippen LogP contribution in [0.1, 0.15) is 26.5 Å². The van der Waals surface area contributed by atoms with E-state index in [1.807, 2.05) is 33.9 Å². The Balaban J connectivity index is 1.93. The number of aromatic nitrogens is 3. The molecule has 1 amide bonds. The number of nitrogens with zero attached hydrogens (tertiary/aromatic N) is 3. The number of imidazole rings is 1. The molecule has 0 saturated heterocycles. The summed E-state index contributed by atoms with van der Waals surface area (Å²) in [6.45, 7) is 7.99. The van der Waals surface area contributed by atoms with E-state index in [0.29, 0.717) is 5.13 Å². The second kappa shape index (κ2) is 4.56. The second-order valence-corrected chi connectivity index (χ2v) is 6.12. The average Bonchev–Trinajstić information content (AvgIpc) is 2.68. The van der Waals surface area contributed by atoms with Gasteiger partial charge in [-0.05, 0) is 27.7 Å². The Hall–Kier alpha value is -1.63. The number of carbonyl (C=O) groups is 1. The van der Waals surface area contributed by atoms with Crippen LogP contribution in [-0.4, -0.2) is 32.6 Å². The van der Waals surface area contributed by atoms with E-state index in [0.717, 1.165) is 10.7 Å². The summed E-state index contributed by atoms with van der Waals surface area (Å²) in [7, 11) is 0. The monoisotopic (exact) mass is 267 g/mol. The second-order valence-electron chi connectivity index (χ2n) is 5.17. The molecule has 2 aromatic heterocycles. The fourth-order valence-electron chi connectivity index (χ4n) is 1.50. The first-order valence-electron chi connectivity index (χ1n) is 5.71. The maximum atomic E-state index is 11.6. The van der Waals surface area contributed by atoms with Crippen molar-refractivity contribution in [2.75, 3.05) is 11.9 Å². The molecule has 0 aliphatic heterocycles. The predicted octanol–water partition coefficient (Wildman–Crippen LogP) is 1.43. The third-order valence-corrected chi connectivity index (χ3v) is 2.96. The number of rotatable bonds is 3.